The SMILES string of the molecule is C.C.CC(=N[S@@](=O)C(C)(C)C)C(C)C.CC(=O)C(C)C.CC(C)(C)[S@@](N)=O.CCOC(=O)C(=O)CBr.CCOC(=O)c1csc(C(OCC)OCC)n1.CCOC(=O)c1csc(C=O)n1.CCOC(=O)c1csc(C=O)n1.CCOC(=O)c1csc([C@H](O)CC(=N[S@@](=O)C(C)(C)C)C(C)C)n1.CCOC(C#N)OCC.CCOC(OCC)C(N)=S. The van der Waals surface area contributed by atoms with Gasteiger partial charge < -0.3 is 62.9 Å². The molecule has 0 spiro atoms. The number of ether oxygens (including phenoxy) is 11. The van der Waals surface area contributed by atoms with Gasteiger partial charge in [-0.2, -0.15) is 14.1 Å². The number of rotatable bonds is 35. The minimum atomic E-state index is -1.38. The van der Waals surface area contributed by atoms with Crippen LogP contribution < -0.4 is 10.9 Å². The van der Waals surface area contributed by atoms with Crippen LogP contribution in [0, 0.1) is 29.1 Å². The van der Waals surface area contributed by atoms with E-state index >= 15 is 0 Å². The number of Topliss-reactive ketones (excluding diaryl/α,β-unsaturated/α-hetero) is 2. The molecule has 0 saturated carbocycles. The molecule has 4 aromatic heterocycles. The van der Waals surface area contributed by atoms with Gasteiger partial charge >= 0.3 is 29.8 Å². The van der Waals surface area contributed by atoms with Gasteiger partial charge in [0.1, 0.15) is 54.9 Å². The Morgan fingerprint density at radius 3 is 1.10 bits per heavy atom. The van der Waals surface area contributed by atoms with E-state index in [1.807, 2.05) is 145 Å². The maximum absolute atomic E-state index is 12.2. The average Bonchev–Trinajstić information content (AvgIpc) is 1.69. The zero-order chi connectivity index (χ0) is 92.7. The predicted octanol–water partition coefficient (Wildman–Crippen LogP) is 15.5. The molecule has 0 amide bonds. The molecular formula is C78H136BrN9O24S8. The first-order valence-electron chi connectivity index (χ1n) is 37.3. The largest absolute Gasteiger partial charge is 0.461 e. The second-order valence-electron chi connectivity index (χ2n) is 26.2. The monoisotopic (exact) mass is 1920 g/mol. The number of aliphatic hydroxyl groups excluding tert-OH is 1. The van der Waals surface area contributed by atoms with Crippen LogP contribution in [-0.2, 0) is 99.4 Å². The molecular weight excluding hydrogens is 1780 g/mol. The Labute approximate surface area is 749 Å². The van der Waals surface area contributed by atoms with Gasteiger partial charge in [0.15, 0.2) is 45.4 Å². The number of halogens is 1. The van der Waals surface area contributed by atoms with Crippen molar-refractivity contribution in [1.82, 2.24) is 19.9 Å². The lowest BCUT2D eigenvalue weighted by atomic mass is 10.0. The van der Waals surface area contributed by atoms with Crippen molar-refractivity contribution in [1.29, 1.82) is 5.26 Å². The Morgan fingerprint density at radius 2 is 0.842 bits per heavy atom. The number of carbonyl (C=O) groups is 9. The summed E-state index contributed by atoms with van der Waals surface area (Å²) in [7, 11) is -3.66. The first kappa shape index (κ1) is 129. The zero-order valence-corrected chi connectivity index (χ0v) is 81.6. The predicted molar refractivity (Wildman–Crippen MR) is 488 cm³/mol. The first-order chi connectivity index (χ1) is 54.9. The van der Waals surface area contributed by atoms with Crippen molar-refractivity contribution in [2.45, 2.75) is 254 Å². The summed E-state index contributed by atoms with van der Waals surface area (Å²) in [4.78, 5) is 112. The fourth-order valence-corrected chi connectivity index (χ4v) is 10.3. The van der Waals surface area contributed by atoms with E-state index in [0.29, 0.717) is 99.4 Å². The number of hydrogen-bond acceptors (Lipinski definition) is 34. The Morgan fingerprint density at radius 1 is 0.525 bits per heavy atom. The number of alkyl halides is 1. The molecule has 0 fully saturated rings. The van der Waals surface area contributed by atoms with Gasteiger partial charge in [-0.3, -0.25) is 24.3 Å². The van der Waals surface area contributed by atoms with E-state index in [4.69, 9.17) is 54.0 Å². The second kappa shape index (κ2) is 75.4. The number of esters is 5. The molecule has 120 heavy (non-hydrogen) atoms. The normalized spacial score (nSPS) is 11.8. The summed E-state index contributed by atoms with van der Waals surface area (Å²) in [6, 6.07) is 1.86. The number of aldehydes is 2. The van der Waals surface area contributed by atoms with Crippen LogP contribution in [0.3, 0.4) is 0 Å². The lowest BCUT2D eigenvalue weighted by Gasteiger charge is -2.18. The van der Waals surface area contributed by atoms with E-state index in [9.17, 15) is 60.9 Å². The van der Waals surface area contributed by atoms with E-state index in [1.54, 1.807) is 52.3 Å². The van der Waals surface area contributed by atoms with Crippen LogP contribution in [0.4, 0.5) is 0 Å². The zero-order valence-electron chi connectivity index (χ0n) is 73.5. The molecule has 0 aliphatic rings. The van der Waals surface area contributed by atoms with Crippen molar-refractivity contribution in [3.63, 3.8) is 0 Å². The molecule has 0 saturated heterocycles. The summed E-state index contributed by atoms with van der Waals surface area (Å²) in [6.07, 6.45) is -1.14. The summed E-state index contributed by atoms with van der Waals surface area (Å²) in [6.45, 7) is 56.5. The van der Waals surface area contributed by atoms with Crippen LogP contribution in [0.1, 0.15) is 299 Å². The highest BCUT2D eigenvalue weighted by Crippen LogP contribution is 2.26. The van der Waals surface area contributed by atoms with Crippen molar-refractivity contribution in [2.24, 2.45) is 37.4 Å². The van der Waals surface area contributed by atoms with E-state index in [1.165, 1.54) is 33.4 Å². The summed E-state index contributed by atoms with van der Waals surface area (Å²) >= 11 is 12.3. The number of thiazole rings is 4. The van der Waals surface area contributed by atoms with Crippen LogP contribution in [0.25, 0.3) is 0 Å². The Balaban J connectivity index is -0.000000198. The number of nitrogens with zero attached hydrogens (tertiary/aromatic N) is 7. The maximum Gasteiger partial charge on any atom is 0.375 e. The molecule has 5 N–H and O–H groups in total. The maximum atomic E-state index is 12.2. The minimum absolute atomic E-state index is 0. The van der Waals surface area contributed by atoms with Gasteiger partial charge in [0.25, 0.3) is 0 Å². The molecule has 0 unspecified atom stereocenters. The van der Waals surface area contributed by atoms with E-state index in [-0.39, 0.29) is 99.0 Å². The summed E-state index contributed by atoms with van der Waals surface area (Å²) in [5.74, 6) is -2.29. The van der Waals surface area contributed by atoms with Gasteiger partial charge in [-0.15, -0.1) is 45.3 Å². The van der Waals surface area contributed by atoms with Crippen LogP contribution in [0.2, 0.25) is 0 Å². The Hall–Kier alpha value is -6.12. The highest BCUT2D eigenvalue weighted by molar-refractivity contribution is 9.09. The van der Waals surface area contributed by atoms with Crippen LogP contribution >= 0.6 is 73.5 Å². The molecule has 0 bridgehead atoms. The molecule has 33 nitrogen and oxygen atoms in total. The van der Waals surface area contributed by atoms with Gasteiger partial charge in [-0.1, -0.05) is 84.5 Å². The third-order valence-electron chi connectivity index (χ3n) is 12.4. The first-order valence-corrected chi connectivity index (χ1v) is 45.8. The molecule has 4 rings (SSSR count). The molecule has 42 heteroatoms. The van der Waals surface area contributed by atoms with E-state index in [0.717, 1.165) is 28.4 Å². The number of aromatic nitrogens is 4. The molecule has 4 heterocycles. The van der Waals surface area contributed by atoms with Gasteiger partial charge in [0.05, 0.1) is 63.6 Å². The second-order valence-corrected chi connectivity index (χ2v) is 36.4. The summed E-state index contributed by atoms with van der Waals surface area (Å²) < 4.78 is 95.7. The van der Waals surface area contributed by atoms with Crippen molar-refractivity contribution in [2.75, 3.05) is 78.0 Å². The van der Waals surface area contributed by atoms with Gasteiger partial charge in [0, 0.05) is 84.9 Å². The number of carbonyl (C=O) groups excluding carboxylic acids is 9. The third kappa shape index (κ3) is 65.5. The number of nitriles is 1. The number of nitrogens with two attached hydrogens (primary N) is 2. The number of ketones is 2. The van der Waals surface area contributed by atoms with Crippen molar-refractivity contribution < 1.29 is 113 Å². The lowest BCUT2D eigenvalue weighted by molar-refractivity contribution is -0.152. The fraction of sp³-hybridized carbons (Fsp3) is 0.679. The van der Waals surface area contributed by atoms with E-state index in [2.05, 4.69) is 84.9 Å². The van der Waals surface area contributed by atoms with Gasteiger partial charge in [0.2, 0.25) is 24.7 Å². The molecule has 0 aliphatic carbocycles. The molecule has 4 aromatic rings. The fourth-order valence-electron chi connectivity index (χ4n) is 5.70. The highest BCUT2D eigenvalue weighted by atomic mass is 79.9. The average molecular weight is 1920 g/mol. The molecule has 0 aliphatic heterocycles. The topological polar surface area (TPSA) is 479 Å². The van der Waals surface area contributed by atoms with Crippen LogP contribution in [0.15, 0.2) is 30.3 Å². The van der Waals surface area contributed by atoms with Crippen molar-refractivity contribution >= 4 is 177 Å². The summed E-state index contributed by atoms with van der Waals surface area (Å²) in [5, 5.41) is 31.6. The highest BCUT2D eigenvalue weighted by Gasteiger charge is 2.26. The lowest BCUT2D eigenvalue weighted by Crippen LogP contribution is -2.32. The Kier molecular flexibility index (Phi) is 81.3. The van der Waals surface area contributed by atoms with Gasteiger partial charge in [-0.05, 0) is 164 Å². The third-order valence-corrected chi connectivity index (χ3v) is 20.6. The summed E-state index contributed by atoms with van der Waals surface area (Å²) in [5.41, 5.74) is 7.81. The number of thiocarbonyl (C=S) groups is 1. The van der Waals surface area contributed by atoms with E-state index < -0.39 is 98.3 Å². The standard InChI is InChI=1S/C16H26N2O4S2.C11H17NO4S.C9H19NOS.2C7H7NO3S.C6H13NO2S.C6H11NO2.C5H7BrO3.C5H10O.C4H11NOS.2CH4/c1-7-22-15(20)12-9-23-14(17-12)13(19)8-11(10(2)3)18-24(21)16(4,5)6;1-4-14-10(13)8-7-17-9(12-8)11(15-5-2)16-6-3;1-7(2)8(3)10-12(11)9(4,5)6;2*1-2-11-7(10)5-4-12-6(3-9)8-5;1-3-8-6(5(7)10)9-4-2;1-3-8-6(5-7)9-4-2;1-2-9-5(8)4(7)3-6;1-4(2)5(3)6;1-4(2,3)7(5)6;;/h9-10,13,19H,7-8H2,1-6H3;7,11H,4-6H2,1-3H3;7H,1-6H3;2*3-4H,2H2,1H3;6H,3-4H2,1-2H3,(H2,7,10);6H,3-4H2,1-2H3;2-3H2,1H3;4H,1-3H3;5H2,1-3H3;2*1H4/t13-,24+;;12-;;;;;;;7-;;/m1.0......0../s1. The molecule has 0 radical (unpaired) electrons. The Bertz CT molecular complexity index is 3610. The minimum Gasteiger partial charge on any atom is -0.461 e. The molecule has 4 atom stereocenters. The van der Waals surface area contributed by atoms with Crippen molar-refractivity contribution in [3.8, 4) is 6.07 Å². The molecule has 0 aromatic carbocycles. The van der Waals surface area contributed by atoms with Crippen molar-refractivity contribution in [3.05, 3.63) is 64.3 Å². The van der Waals surface area contributed by atoms with Crippen LogP contribution in [0.5, 0.6) is 0 Å². The van der Waals surface area contributed by atoms with Gasteiger partial charge in [-0.25, -0.2) is 56.5 Å². The van der Waals surface area contributed by atoms with Crippen LogP contribution in [-0.4, -0.2) is 213 Å². The number of hydrogen-bond donors (Lipinski definition) is 3. The smallest absolute Gasteiger partial charge is 0.375 e. The number of aliphatic hydroxyl groups is 1. The molecule has 692 valence electrons. The quantitative estimate of drug-likeness (QED) is 0.00563.